The van der Waals surface area contributed by atoms with Gasteiger partial charge < -0.3 is 10.1 Å². The van der Waals surface area contributed by atoms with Crippen LogP contribution in [0.15, 0.2) is 4.79 Å². The molecule has 0 aromatic carbocycles. The number of carboxylic acids is 1. The van der Waals surface area contributed by atoms with E-state index in [1.165, 1.54) is 0 Å². The highest BCUT2D eigenvalue weighted by Crippen LogP contribution is 2.22. The zero-order valence-corrected chi connectivity index (χ0v) is 13.1. The van der Waals surface area contributed by atoms with Crippen molar-refractivity contribution in [2.24, 2.45) is 0 Å². The summed E-state index contributed by atoms with van der Waals surface area (Å²) in [5.41, 5.74) is 1.51. The Labute approximate surface area is 124 Å². The lowest BCUT2D eigenvalue weighted by Gasteiger charge is -2.42. The van der Waals surface area contributed by atoms with Crippen LogP contribution in [0.5, 0.6) is 0 Å². The van der Waals surface area contributed by atoms with Crippen molar-refractivity contribution in [1.82, 2.24) is 9.66 Å². The standard InChI is InChI=1S/C15H23N3O3/c1-9-6-5-7-10(2)17(9)18-12(4)13(8-14(19)20)11(3)16-15(18)21/h9-10H,5-8H2,1-4H3,(H,19,20). The average molecular weight is 293 g/mol. The van der Waals surface area contributed by atoms with Crippen LogP contribution in [0.25, 0.3) is 0 Å². The lowest BCUT2D eigenvalue weighted by Crippen LogP contribution is -2.56. The van der Waals surface area contributed by atoms with E-state index in [9.17, 15) is 9.59 Å². The summed E-state index contributed by atoms with van der Waals surface area (Å²) in [6.07, 6.45) is 3.09. The topological polar surface area (TPSA) is 75.4 Å². The SMILES string of the molecule is Cc1nc(=O)n(N2C(C)CCCC2C)c(C)c1CC(=O)O. The van der Waals surface area contributed by atoms with Crippen LogP contribution < -0.4 is 10.7 Å². The normalized spacial score (nSPS) is 22.4. The maximum Gasteiger partial charge on any atom is 0.366 e. The molecule has 0 bridgehead atoms. The van der Waals surface area contributed by atoms with Gasteiger partial charge in [-0.25, -0.2) is 9.47 Å². The second-order valence-corrected chi connectivity index (χ2v) is 5.94. The second-order valence-electron chi connectivity index (χ2n) is 5.94. The van der Waals surface area contributed by atoms with Crippen molar-refractivity contribution >= 4 is 5.97 Å². The van der Waals surface area contributed by atoms with Gasteiger partial charge in [-0.05, 0) is 47.0 Å². The van der Waals surface area contributed by atoms with Gasteiger partial charge in [0.25, 0.3) is 0 Å². The molecule has 1 aliphatic rings. The minimum Gasteiger partial charge on any atom is -0.481 e. The zero-order chi connectivity index (χ0) is 15.7. The Kier molecular flexibility index (Phi) is 4.34. The quantitative estimate of drug-likeness (QED) is 0.911. The summed E-state index contributed by atoms with van der Waals surface area (Å²) in [6.45, 7) is 7.69. The van der Waals surface area contributed by atoms with Gasteiger partial charge in [-0.2, -0.15) is 4.98 Å². The molecular weight excluding hydrogens is 270 g/mol. The maximum absolute atomic E-state index is 12.4. The number of carboxylic acid groups (broad SMARTS) is 1. The van der Waals surface area contributed by atoms with Crippen molar-refractivity contribution in [1.29, 1.82) is 0 Å². The summed E-state index contributed by atoms with van der Waals surface area (Å²) in [4.78, 5) is 27.4. The van der Waals surface area contributed by atoms with E-state index in [2.05, 4.69) is 23.8 Å². The van der Waals surface area contributed by atoms with Gasteiger partial charge in [0, 0.05) is 29.0 Å². The molecule has 1 aliphatic heterocycles. The third kappa shape index (κ3) is 2.94. The molecule has 0 aliphatic carbocycles. The fraction of sp³-hybridized carbons (Fsp3) is 0.667. The molecule has 0 amide bonds. The summed E-state index contributed by atoms with van der Waals surface area (Å²) < 4.78 is 1.58. The highest BCUT2D eigenvalue weighted by Gasteiger charge is 2.28. The third-order valence-electron chi connectivity index (χ3n) is 4.34. The van der Waals surface area contributed by atoms with Gasteiger partial charge in [0.1, 0.15) is 0 Å². The molecule has 0 saturated carbocycles. The molecule has 2 unspecified atom stereocenters. The molecule has 116 valence electrons. The van der Waals surface area contributed by atoms with Gasteiger partial charge in [0.2, 0.25) is 0 Å². The maximum atomic E-state index is 12.4. The largest absolute Gasteiger partial charge is 0.481 e. The molecule has 1 fully saturated rings. The number of aromatic nitrogens is 2. The second kappa shape index (κ2) is 5.87. The first-order valence-corrected chi connectivity index (χ1v) is 7.42. The lowest BCUT2D eigenvalue weighted by atomic mass is 9.99. The van der Waals surface area contributed by atoms with Crippen LogP contribution in [0, 0.1) is 13.8 Å². The minimum atomic E-state index is -0.909. The molecule has 2 heterocycles. The van der Waals surface area contributed by atoms with Gasteiger partial charge in [-0.3, -0.25) is 4.79 Å². The molecule has 6 heteroatoms. The van der Waals surface area contributed by atoms with Crippen molar-refractivity contribution in [2.75, 3.05) is 5.01 Å². The van der Waals surface area contributed by atoms with Gasteiger partial charge in [0.15, 0.2) is 0 Å². The summed E-state index contributed by atoms with van der Waals surface area (Å²) in [6, 6.07) is 0.486. The molecule has 1 N–H and O–H groups in total. The molecule has 2 rings (SSSR count). The highest BCUT2D eigenvalue weighted by molar-refractivity contribution is 5.70. The number of hydrogen-bond acceptors (Lipinski definition) is 4. The fourth-order valence-corrected chi connectivity index (χ4v) is 3.27. The molecule has 1 aromatic heterocycles. The highest BCUT2D eigenvalue weighted by atomic mass is 16.4. The lowest BCUT2D eigenvalue weighted by molar-refractivity contribution is -0.136. The molecule has 6 nitrogen and oxygen atoms in total. The van der Waals surface area contributed by atoms with Crippen LogP contribution >= 0.6 is 0 Å². The summed E-state index contributed by atoms with van der Waals surface area (Å²) in [7, 11) is 0. The van der Waals surface area contributed by atoms with Crippen LogP contribution in [0.1, 0.15) is 50.1 Å². The van der Waals surface area contributed by atoms with Crippen LogP contribution in [0.3, 0.4) is 0 Å². The predicted molar refractivity (Wildman–Crippen MR) is 80.3 cm³/mol. The average Bonchev–Trinajstić information content (AvgIpc) is 2.37. The number of nitrogens with zero attached hydrogens (tertiary/aromatic N) is 3. The van der Waals surface area contributed by atoms with Gasteiger partial charge >= 0.3 is 11.7 Å². The first-order chi connectivity index (χ1) is 9.82. The number of piperidine rings is 1. The van der Waals surface area contributed by atoms with Crippen molar-refractivity contribution in [2.45, 2.75) is 65.5 Å². The summed E-state index contributed by atoms with van der Waals surface area (Å²) in [5, 5.41) is 11.1. The Bertz CT molecular complexity index is 599. The van der Waals surface area contributed by atoms with Crippen molar-refractivity contribution in [3.63, 3.8) is 0 Å². The van der Waals surface area contributed by atoms with Gasteiger partial charge in [-0.1, -0.05) is 0 Å². The van der Waals surface area contributed by atoms with E-state index in [4.69, 9.17) is 5.11 Å². The van der Waals surface area contributed by atoms with E-state index >= 15 is 0 Å². The molecule has 2 atom stereocenters. The zero-order valence-electron chi connectivity index (χ0n) is 13.1. The van der Waals surface area contributed by atoms with Gasteiger partial charge in [0.05, 0.1) is 6.42 Å². The predicted octanol–water partition coefficient (Wildman–Crippen LogP) is 1.39. The monoisotopic (exact) mass is 293 g/mol. The number of aliphatic carboxylic acids is 1. The Hall–Kier alpha value is -1.85. The van der Waals surface area contributed by atoms with E-state index in [0.717, 1.165) is 19.3 Å². The number of hydrogen-bond donors (Lipinski definition) is 1. The molecule has 21 heavy (non-hydrogen) atoms. The van der Waals surface area contributed by atoms with Gasteiger partial charge in [-0.15, -0.1) is 0 Å². The van der Waals surface area contributed by atoms with Crippen LogP contribution in [-0.4, -0.2) is 32.8 Å². The Balaban J connectivity index is 2.57. The molecule has 1 saturated heterocycles. The van der Waals surface area contributed by atoms with E-state index in [1.807, 2.05) is 6.92 Å². The van der Waals surface area contributed by atoms with Crippen LogP contribution in [0.4, 0.5) is 0 Å². The van der Waals surface area contributed by atoms with Crippen molar-refractivity contribution in [3.8, 4) is 0 Å². The van der Waals surface area contributed by atoms with E-state index in [-0.39, 0.29) is 24.2 Å². The van der Waals surface area contributed by atoms with Crippen molar-refractivity contribution < 1.29 is 9.90 Å². The van der Waals surface area contributed by atoms with E-state index < -0.39 is 5.97 Å². The first kappa shape index (κ1) is 15.5. The molecule has 0 radical (unpaired) electrons. The molecular formula is C15H23N3O3. The molecule has 0 spiro atoms. The summed E-state index contributed by atoms with van der Waals surface area (Å²) >= 11 is 0. The third-order valence-corrected chi connectivity index (χ3v) is 4.34. The van der Waals surface area contributed by atoms with Crippen LogP contribution in [-0.2, 0) is 11.2 Å². The molecule has 1 aromatic rings. The smallest absolute Gasteiger partial charge is 0.366 e. The van der Waals surface area contributed by atoms with E-state index in [1.54, 1.807) is 11.6 Å². The van der Waals surface area contributed by atoms with Crippen molar-refractivity contribution in [3.05, 3.63) is 27.4 Å². The van der Waals surface area contributed by atoms with E-state index in [0.29, 0.717) is 17.0 Å². The fourth-order valence-electron chi connectivity index (χ4n) is 3.27. The Morgan fingerprint density at radius 1 is 1.29 bits per heavy atom. The Morgan fingerprint density at radius 3 is 2.38 bits per heavy atom. The van der Waals surface area contributed by atoms with Crippen LogP contribution in [0.2, 0.25) is 0 Å². The summed E-state index contributed by atoms with van der Waals surface area (Å²) in [5.74, 6) is -0.909. The Morgan fingerprint density at radius 2 is 1.86 bits per heavy atom. The number of aryl methyl sites for hydroxylation is 1. The number of carbonyl (C=O) groups is 1. The minimum absolute atomic E-state index is 0.110. The number of rotatable bonds is 3. The first-order valence-electron chi connectivity index (χ1n) is 7.42.